The van der Waals surface area contributed by atoms with Gasteiger partial charge >= 0.3 is 0 Å². The molecule has 0 N–H and O–H groups in total. The molecule has 0 bridgehead atoms. The maximum absolute atomic E-state index is 13.9. The molecule has 1 heterocycles. The fourth-order valence-corrected chi connectivity index (χ4v) is 3.96. The average Bonchev–Trinajstić information content (AvgIpc) is 2.46. The lowest BCUT2D eigenvalue weighted by Gasteiger charge is -2.34. The molecular weight excluding hydrogens is 331 g/mol. The summed E-state index contributed by atoms with van der Waals surface area (Å²) in [5.74, 6) is -1.00. The molecule has 1 amide bonds. The first-order valence-electron chi connectivity index (χ1n) is 6.97. The Balaban J connectivity index is 2.14. The van der Waals surface area contributed by atoms with Gasteiger partial charge in [0.1, 0.15) is 10.7 Å². The Labute approximate surface area is 134 Å². The number of amides is 1. The second-order valence-corrected chi connectivity index (χ2v) is 7.80. The Kier molecular flexibility index (Phi) is 5.09. The van der Waals surface area contributed by atoms with Crippen LogP contribution >= 0.6 is 11.6 Å². The number of hydrogen-bond acceptors (Lipinski definition) is 3. The summed E-state index contributed by atoms with van der Waals surface area (Å²) >= 11 is 5.64. The topological polar surface area (TPSA) is 57.7 Å². The lowest BCUT2D eigenvalue weighted by Crippen LogP contribution is -2.51. The third kappa shape index (κ3) is 3.42. The van der Waals surface area contributed by atoms with Crippen molar-refractivity contribution in [3.63, 3.8) is 0 Å². The summed E-state index contributed by atoms with van der Waals surface area (Å²) in [7, 11) is -3.92. The molecule has 2 rings (SSSR count). The summed E-state index contributed by atoms with van der Waals surface area (Å²) in [6.07, 6.45) is 0. The average molecular weight is 349 g/mol. The number of carbonyl (C=O) groups is 1. The summed E-state index contributed by atoms with van der Waals surface area (Å²) in [5, 5.41) is 0.142. The molecule has 0 atom stereocenters. The standard InChI is InChI=1S/C14H18ClFN2O3S/c1-10(2)14(19)17-5-7-18(8-6-17)22(20,21)13-4-3-11(15)9-12(13)16/h3-4,9-10H,5-8H2,1-2H3. The Morgan fingerprint density at radius 1 is 1.23 bits per heavy atom. The largest absolute Gasteiger partial charge is 0.340 e. The molecule has 0 spiro atoms. The minimum atomic E-state index is -3.92. The van der Waals surface area contributed by atoms with Crippen molar-refractivity contribution >= 4 is 27.5 Å². The first kappa shape index (κ1) is 17.2. The van der Waals surface area contributed by atoms with E-state index in [1.165, 1.54) is 16.4 Å². The molecule has 0 aromatic heterocycles. The number of carbonyl (C=O) groups excluding carboxylic acids is 1. The SMILES string of the molecule is CC(C)C(=O)N1CCN(S(=O)(=O)c2ccc(Cl)cc2F)CC1. The van der Waals surface area contributed by atoms with Gasteiger partial charge in [-0.1, -0.05) is 25.4 Å². The second-order valence-electron chi connectivity index (χ2n) is 5.46. The van der Waals surface area contributed by atoms with Gasteiger partial charge in [0.15, 0.2) is 0 Å². The van der Waals surface area contributed by atoms with Crippen LogP contribution in [0.25, 0.3) is 0 Å². The number of halogens is 2. The van der Waals surface area contributed by atoms with Crippen molar-refractivity contribution in [2.75, 3.05) is 26.2 Å². The van der Waals surface area contributed by atoms with Crippen LogP contribution < -0.4 is 0 Å². The van der Waals surface area contributed by atoms with Crippen molar-refractivity contribution in [3.05, 3.63) is 29.0 Å². The fraction of sp³-hybridized carbons (Fsp3) is 0.500. The van der Waals surface area contributed by atoms with Crippen LogP contribution in [0.2, 0.25) is 5.02 Å². The summed E-state index contributed by atoms with van der Waals surface area (Å²) in [4.78, 5) is 13.1. The highest BCUT2D eigenvalue weighted by molar-refractivity contribution is 7.89. The van der Waals surface area contributed by atoms with Crippen molar-refractivity contribution < 1.29 is 17.6 Å². The van der Waals surface area contributed by atoms with E-state index in [0.717, 1.165) is 6.07 Å². The third-order valence-corrected chi connectivity index (χ3v) is 5.72. The van der Waals surface area contributed by atoms with E-state index < -0.39 is 15.8 Å². The number of piperazine rings is 1. The summed E-state index contributed by atoms with van der Waals surface area (Å²) in [5.41, 5.74) is 0. The molecule has 8 heteroatoms. The van der Waals surface area contributed by atoms with E-state index in [4.69, 9.17) is 11.6 Å². The number of rotatable bonds is 3. The molecule has 5 nitrogen and oxygen atoms in total. The molecule has 1 fully saturated rings. The van der Waals surface area contributed by atoms with Crippen molar-refractivity contribution in [2.24, 2.45) is 5.92 Å². The van der Waals surface area contributed by atoms with Gasteiger partial charge in [-0.3, -0.25) is 4.79 Å². The second kappa shape index (κ2) is 6.52. The zero-order valence-electron chi connectivity index (χ0n) is 12.4. The molecule has 1 aromatic rings. The van der Waals surface area contributed by atoms with Crippen molar-refractivity contribution in [1.82, 2.24) is 9.21 Å². The van der Waals surface area contributed by atoms with Gasteiger partial charge in [-0.25, -0.2) is 12.8 Å². The molecule has 0 aliphatic carbocycles. The van der Waals surface area contributed by atoms with Crippen LogP contribution in [0.3, 0.4) is 0 Å². The summed E-state index contributed by atoms with van der Waals surface area (Å²) in [6.45, 7) is 4.53. The van der Waals surface area contributed by atoms with Crippen LogP contribution in [0, 0.1) is 11.7 Å². The van der Waals surface area contributed by atoms with Crippen molar-refractivity contribution in [1.29, 1.82) is 0 Å². The first-order valence-corrected chi connectivity index (χ1v) is 8.79. The highest BCUT2D eigenvalue weighted by Crippen LogP contribution is 2.23. The predicted octanol–water partition coefficient (Wildman–Crippen LogP) is 1.97. The Bertz CT molecular complexity index is 671. The fourth-order valence-electron chi connectivity index (χ4n) is 2.34. The third-order valence-electron chi connectivity index (χ3n) is 3.56. The van der Waals surface area contributed by atoms with E-state index in [9.17, 15) is 17.6 Å². The molecule has 1 aliphatic heterocycles. The molecule has 0 saturated carbocycles. The van der Waals surface area contributed by atoms with Crippen LogP contribution in [-0.2, 0) is 14.8 Å². The maximum atomic E-state index is 13.9. The van der Waals surface area contributed by atoms with E-state index in [0.29, 0.717) is 13.1 Å². The van der Waals surface area contributed by atoms with Crippen LogP contribution in [0.15, 0.2) is 23.1 Å². The van der Waals surface area contributed by atoms with E-state index in [-0.39, 0.29) is 34.8 Å². The monoisotopic (exact) mass is 348 g/mol. The highest BCUT2D eigenvalue weighted by atomic mass is 35.5. The Hall–Kier alpha value is -1.18. The predicted molar refractivity (Wildman–Crippen MR) is 81.6 cm³/mol. The Morgan fingerprint density at radius 3 is 2.32 bits per heavy atom. The first-order chi connectivity index (χ1) is 10.2. The molecule has 0 radical (unpaired) electrons. The minimum Gasteiger partial charge on any atom is -0.340 e. The van der Waals surface area contributed by atoms with Gasteiger partial charge in [0, 0.05) is 37.1 Å². The molecule has 122 valence electrons. The van der Waals surface area contributed by atoms with Gasteiger partial charge in [0.05, 0.1) is 0 Å². The van der Waals surface area contributed by atoms with E-state index in [1.807, 2.05) is 0 Å². The minimum absolute atomic E-state index is 0.00489. The van der Waals surface area contributed by atoms with Gasteiger partial charge in [-0.15, -0.1) is 0 Å². The number of nitrogens with zero attached hydrogens (tertiary/aromatic N) is 2. The van der Waals surface area contributed by atoms with Gasteiger partial charge < -0.3 is 4.90 Å². The van der Waals surface area contributed by atoms with Gasteiger partial charge in [0.2, 0.25) is 15.9 Å². The van der Waals surface area contributed by atoms with Gasteiger partial charge in [-0.2, -0.15) is 4.31 Å². The van der Waals surface area contributed by atoms with Gasteiger partial charge in [0.25, 0.3) is 0 Å². The van der Waals surface area contributed by atoms with E-state index in [2.05, 4.69) is 0 Å². The number of benzene rings is 1. The highest BCUT2D eigenvalue weighted by Gasteiger charge is 2.32. The lowest BCUT2D eigenvalue weighted by molar-refractivity contribution is -0.135. The molecular formula is C14H18ClFN2O3S. The molecule has 1 aliphatic rings. The molecule has 22 heavy (non-hydrogen) atoms. The van der Waals surface area contributed by atoms with Crippen LogP contribution in [-0.4, -0.2) is 49.7 Å². The van der Waals surface area contributed by atoms with Crippen LogP contribution in [0.4, 0.5) is 4.39 Å². The maximum Gasteiger partial charge on any atom is 0.246 e. The van der Waals surface area contributed by atoms with Crippen LogP contribution in [0.5, 0.6) is 0 Å². The molecule has 1 aromatic carbocycles. The number of hydrogen-bond donors (Lipinski definition) is 0. The van der Waals surface area contributed by atoms with Crippen molar-refractivity contribution in [3.8, 4) is 0 Å². The van der Waals surface area contributed by atoms with E-state index in [1.54, 1.807) is 18.7 Å². The smallest absolute Gasteiger partial charge is 0.246 e. The quantitative estimate of drug-likeness (QED) is 0.839. The number of sulfonamides is 1. The van der Waals surface area contributed by atoms with Crippen molar-refractivity contribution in [2.45, 2.75) is 18.7 Å². The lowest BCUT2D eigenvalue weighted by atomic mass is 10.2. The normalized spacial score (nSPS) is 17.0. The van der Waals surface area contributed by atoms with E-state index >= 15 is 0 Å². The molecule has 1 saturated heterocycles. The summed E-state index contributed by atoms with van der Waals surface area (Å²) < 4.78 is 40.0. The Morgan fingerprint density at radius 2 is 1.82 bits per heavy atom. The van der Waals surface area contributed by atoms with Crippen LogP contribution in [0.1, 0.15) is 13.8 Å². The summed E-state index contributed by atoms with van der Waals surface area (Å²) in [6, 6.07) is 3.49. The molecule has 0 unspecified atom stereocenters. The van der Waals surface area contributed by atoms with Gasteiger partial charge in [-0.05, 0) is 18.2 Å². The zero-order valence-corrected chi connectivity index (χ0v) is 14.0. The zero-order chi connectivity index (χ0) is 16.5.